The quantitative estimate of drug-likeness (QED) is 0.693. The van der Waals surface area contributed by atoms with Gasteiger partial charge >= 0.3 is 0 Å². The summed E-state index contributed by atoms with van der Waals surface area (Å²) in [5.41, 5.74) is 5.64. The monoisotopic (exact) mass is 303 g/mol. The van der Waals surface area contributed by atoms with Crippen molar-refractivity contribution in [2.75, 3.05) is 18.0 Å². The number of aryl methyl sites for hydroxylation is 1. The Bertz CT molecular complexity index is 818. The number of benzene rings is 2. The lowest BCUT2D eigenvalue weighted by Crippen LogP contribution is -2.30. The van der Waals surface area contributed by atoms with Gasteiger partial charge in [0.15, 0.2) is 0 Å². The molecular formula is C20H21N3. The normalized spacial score (nSPS) is 15.1. The Hall–Kier alpha value is -2.42. The number of aromatic nitrogens is 2. The third-order valence-electron chi connectivity index (χ3n) is 4.59. The molecule has 0 unspecified atom stereocenters. The van der Waals surface area contributed by atoms with E-state index in [0.29, 0.717) is 0 Å². The van der Waals surface area contributed by atoms with Crippen molar-refractivity contribution in [3.8, 4) is 11.1 Å². The molecule has 0 bridgehead atoms. The van der Waals surface area contributed by atoms with Gasteiger partial charge in [-0.05, 0) is 49.4 Å². The zero-order valence-corrected chi connectivity index (χ0v) is 13.5. The molecule has 3 heteroatoms. The fourth-order valence-corrected chi connectivity index (χ4v) is 3.20. The molecule has 1 fully saturated rings. The van der Waals surface area contributed by atoms with Crippen molar-refractivity contribution in [3.63, 3.8) is 0 Å². The Morgan fingerprint density at radius 2 is 1.57 bits per heavy atom. The lowest BCUT2D eigenvalue weighted by molar-refractivity contribution is 0.573. The lowest BCUT2D eigenvalue weighted by Gasteiger charge is -2.27. The van der Waals surface area contributed by atoms with Gasteiger partial charge in [-0.3, -0.25) is 4.98 Å². The third-order valence-corrected chi connectivity index (χ3v) is 4.59. The summed E-state index contributed by atoms with van der Waals surface area (Å²) in [5.74, 6) is 1.01. The van der Waals surface area contributed by atoms with Crippen LogP contribution < -0.4 is 4.90 Å². The van der Waals surface area contributed by atoms with Crippen molar-refractivity contribution >= 4 is 16.9 Å². The Labute approximate surface area is 137 Å². The van der Waals surface area contributed by atoms with E-state index in [-0.39, 0.29) is 0 Å². The molecule has 0 amide bonds. The minimum Gasteiger partial charge on any atom is -0.355 e. The minimum absolute atomic E-state index is 0.960. The molecule has 0 spiro atoms. The van der Waals surface area contributed by atoms with Crippen LogP contribution in [0.4, 0.5) is 5.82 Å². The molecule has 23 heavy (non-hydrogen) atoms. The molecule has 4 rings (SSSR count). The predicted octanol–water partition coefficient (Wildman–Crippen LogP) is 4.60. The average molecular weight is 303 g/mol. The second-order valence-corrected chi connectivity index (χ2v) is 6.35. The summed E-state index contributed by atoms with van der Waals surface area (Å²) in [6.45, 7) is 4.30. The Balaban J connectivity index is 1.72. The highest BCUT2D eigenvalue weighted by atomic mass is 15.2. The van der Waals surface area contributed by atoms with Gasteiger partial charge in [-0.1, -0.05) is 35.9 Å². The van der Waals surface area contributed by atoms with E-state index in [4.69, 9.17) is 4.98 Å². The van der Waals surface area contributed by atoms with Crippen LogP contribution in [-0.2, 0) is 0 Å². The van der Waals surface area contributed by atoms with Gasteiger partial charge in [-0.2, -0.15) is 0 Å². The first-order chi connectivity index (χ1) is 11.3. The third kappa shape index (κ3) is 2.91. The summed E-state index contributed by atoms with van der Waals surface area (Å²) < 4.78 is 0. The van der Waals surface area contributed by atoms with Gasteiger partial charge in [-0.15, -0.1) is 0 Å². The van der Waals surface area contributed by atoms with Crippen LogP contribution in [0.3, 0.4) is 0 Å². The zero-order valence-electron chi connectivity index (χ0n) is 13.5. The molecular weight excluding hydrogens is 282 g/mol. The van der Waals surface area contributed by atoms with Crippen molar-refractivity contribution in [1.29, 1.82) is 0 Å². The van der Waals surface area contributed by atoms with Crippen molar-refractivity contribution < 1.29 is 0 Å². The summed E-state index contributed by atoms with van der Waals surface area (Å²) in [5, 5.41) is 0. The second kappa shape index (κ2) is 5.99. The molecule has 0 radical (unpaired) electrons. The fraction of sp³-hybridized carbons (Fsp3) is 0.300. The van der Waals surface area contributed by atoms with E-state index >= 15 is 0 Å². The number of rotatable bonds is 2. The van der Waals surface area contributed by atoms with Gasteiger partial charge < -0.3 is 4.90 Å². The fourth-order valence-electron chi connectivity index (χ4n) is 3.20. The van der Waals surface area contributed by atoms with Crippen LogP contribution >= 0.6 is 0 Å². The van der Waals surface area contributed by atoms with Gasteiger partial charge in [0.2, 0.25) is 0 Å². The number of anilines is 1. The summed E-state index contributed by atoms with van der Waals surface area (Å²) >= 11 is 0. The topological polar surface area (TPSA) is 29.0 Å². The smallest absolute Gasteiger partial charge is 0.147 e. The molecule has 2 aromatic carbocycles. The standard InChI is InChI=1S/C20H21N3/c1-15-5-7-16(8-6-15)17-9-10-18-19(13-17)22-20(14-21-18)23-11-3-2-4-12-23/h5-10,13-14H,2-4,11-12H2,1H3. The van der Waals surface area contributed by atoms with Gasteiger partial charge in [0.25, 0.3) is 0 Å². The minimum atomic E-state index is 0.960. The van der Waals surface area contributed by atoms with Gasteiger partial charge in [-0.25, -0.2) is 4.98 Å². The maximum Gasteiger partial charge on any atom is 0.147 e. The molecule has 0 N–H and O–H groups in total. The predicted molar refractivity (Wildman–Crippen MR) is 95.8 cm³/mol. The highest BCUT2D eigenvalue weighted by Gasteiger charge is 2.13. The van der Waals surface area contributed by atoms with Gasteiger partial charge in [0, 0.05) is 13.1 Å². The molecule has 1 aromatic heterocycles. The maximum absolute atomic E-state index is 4.87. The number of fused-ring (bicyclic) bond motifs is 1. The summed E-state index contributed by atoms with van der Waals surface area (Å²) in [6.07, 6.45) is 5.75. The second-order valence-electron chi connectivity index (χ2n) is 6.35. The summed E-state index contributed by atoms with van der Waals surface area (Å²) in [7, 11) is 0. The SMILES string of the molecule is Cc1ccc(-c2ccc3ncc(N4CCCCC4)nc3c2)cc1. The van der Waals surface area contributed by atoms with Crippen molar-refractivity contribution in [2.24, 2.45) is 0 Å². The molecule has 0 aliphatic carbocycles. The van der Waals surface area contributed by atoms with Crippen molar-refractivity contribution in [2.45, 2.75) is 26.2 Å². The van der Waals surface area contributed by atoms with Crippen LogP contribution in [0, 0.1) is 6.92 Å². The lowest BCUT2D eigenvalue weighted by atomic mass is 10.0. The number of piperidine rings is 1. The molecule has 1 saturated heterocycles. The Kier molecular flexibility index (Phi) is 3.70. The van der Waals surface area contributed by atoms with Crippen molar-refractivity contribution in [3.05, 3.63) is 54.2 Å². The summed E-state index contributed by atoms with van der Waals surface area (Å²) in [6, 6.07) is 15.0. The van der Waals surface area contributed by atoms with E-state index in [1.807, 2.05) is 6.20 Å². The zero-order chi connectivity index (χ0) is 15.6. The molecule has 0 saturated carbocycles. The molecule has 3 nitrogen and oxygen atoms in total. The Morgan fingerprint density at radius 1 is 0.826 bits per heavy atom. The van der Waals surface area contributed by atoms with E-state index < -0.39 is 0 Å². The van der Waals surface area contributed by atoms with E-state index in [2.05, 4.69) is 59.3 Å². The van der Waals surface area contributed by atoms with Crippen LogP contribution in [0.5, 0.6) is 0 Å². The highest BCUT2D eigenvalue weighted by molar-refractivity contribution is 5.82. The highest BCUT2D eigenvalue weighted by Crippen LogP contribution is 2.25. The van der Waals surface area contributed by atoms with E-state index in [1.54, 1.807) is 0 Å². The van der Waals surface area contributed by atoms with Crippen molar-refractivity contribution in [1.82, 2.24) is 9.97 Å². The Morgan fingerprint density at radius 3 is 2.35 bits per heavy atom. The first-order valence-corrected chi connectivity index (χ1v) is 8.38. The molecule has 2 heterocycles. The van der Waals surface area contributed by atoms with Crippen LogP contribution in [-0.4, -0.2) is 23.1 Å². The molecule has 0 atom stereocenters. The van der Waals surface area contributed by atoms with E-state index in [1.165, 1.54) is 36.0 Å². The van der Waals surface area contributed by atoms with E-state index in [0.717, 1.165) is 29.9 Å². The summed E-state index contributed by atoms with van der Waals surface area (Å²) in [4.78, 5) is 11.8. The van der Waals surface area contributed by atoms with E-state index in [9.17, 15) is 0 Å². The number of hydrogen-bond acceptors (Lipinski definition) is 3. The maximum atomic E-state index is 4.87. The number of nitrogens with zero attached hydrogens (tertiary/aromatic N) is 3. The van der Waals surface area contributed by atoms with Crippen LogP contribution in [0.1, 0.15) is 24.8 Å². The largest absolute Gasteiger partial charge is 0.355 e. The first kappa shape index (κ1) is 14.2. The number of hydrogen-bond donors (Lipinski definition) is 0. The average Bonchev–Trinajstić information content (AvgIpc) is 2.62. The van der Waals surface area contributed by atoms with Crippen LogP contribution in [0.25, 0.3) is 22.2 Å². The molecule has 3 aromatic rings. The molecule has 1 aliphatic heterocycles. The molecule has 116 valence electrons. The van der Waals surface area contributed by atoms with Gasteiger partial charge in [0.05, 0.1) is 17.2 Å². The molecule has 1 aliphatic rings. The van der Waals surface area contributed by atoms with Gasteiger partial charge in [0.1, 0.15) is 5.82 Å². The first-order valence-electron chi connectivity index (χ1n) is 8.38. The van der Waals surface area contributed by atoms with Crippen LogP contribution in [0.2, 0.25) is 0 Å². The van der Waals surface area contributed by atoms with Crippen LogP contribution in [0.15, 0.2) is 48.7 Å².